The average Bonchev–Trinajstić information content (AvgIpc) is 3.47. The number of rotatable bonds is 13. The fraction of sp³-hybridized carbons (Fsp3) is 0.323. The van der Waals surface area contributed by atoms with Gasteiger partial charge in [-0.1, -0.05) is 12.1 Å². The van der Waals surface area contributed by atoms with Crippen molar-refractivity contribution in [3.8, 4) is 17.1 Å². The predicted molar refractivity (Wildman–Crippen MR) is 155 cm³/mol. The van der Waals surface area contributed by atoms with Crippen LogP contribution in [0.5, 0.6) is 5.88 Å². The van der Waals surface area contributed by atoms with Crippen LogP contribution in [0.2, 0.25) is 0 Å². The molecule has 1 unspecified atom stereocenters. The van der Waals surface area contributed by atoms with Crippen LogP contribution in [-0.2, 0) is 19.1 Å². The van der Waals surface area contributed by atoms with Gasteiger partial charge in [-0.3, -0.25) is 15.2 Å². The normalized spacial score (nSPS) is 14.7. The van der Waals surface area contributed by atoms with Crippen molar-refractivity contribution in [2.24, 2.45) is 0 Å². The molecule has 1 aliphatic rings. The van der Waals surface area contributed by atoms with E-state index < -0.39 is 22.8 Å². The van der Waals surface area contributed by atoms with Gasteiger partial charge in [0.05, 0.1) is 48.0 Å². The number of halogens is 1. The molecule has 0 aliphatic carbocycles. The van der Waals surface area contributed by atoms with E-state index >= 15 is 0 Å². The van der Waals surface area contributed by atoms with E-state index in [0.29, 0.717) is 35.9 Å². The van der Waals surface area contributed by atoms with Crippen LogP contribution in [0, 0.1) is 15.9 Å². The zero-order chi connectivity index (χ0) is 30.9. The first kappa shape index (κ1) is 30.9. The van der Waals surface area contributed by atoms with Crippen LogP contribution in [0.3, 0.4) is 0 Å². The maximum absolute atomic E-state index is 13.3. The number of nitro benzene ring substituents is 1. The highest BCUT2D eigenvalue weighted by molar-refractivity contribution is 5.99. The minimum atomic E-state index is -0.899. The Bertz CT molecular complexity index is 1550. The Labute approximate surface area is 247 Å². The largest absolute Gasteiger partial charge is 0.477 e. The molecule has 0 fully saturated rings. The Kier molecular flexibility index (Phi) is 10.3. The molecule has 3 aromatic rings. The molecule has 0 saturated heterocycles. The van der Waals surface area contributed by atoms with E-state index in [1.165, 1.54) is 37.4 Å². The highest BCUT2D eigenvalue weighted by atomic mass is 19.1. The number of benzene rings is 2. The van der Waals surface area contributed by atoms with E-state index in [4.69, 9.17) is 14.2 Å². The molecule has 0 radical (unpaired) electrons. The fourth-order valence-corrected chi connectivity index (χ4v) is 4.93. The van der Waals surface area contributed by atoms with Gasteiger partial charge in [-0.05, 0) is 74.9 Å². The van der Waals surface area contributed by atoms with Crippen molar-refractivity contribution < 1.29 is 33.1 Å². The first-order chi connectivity index (χ1) is 20.7. The fourth-order valence-electron chi connectivity index (χ4n) is 4.93. The molecule has 0 bridgehead atoms. The van der Waals surface area contributed by atoms with Crippen molar-refractivity contribution in [1.29, 1.82) is 0 Å². The molecular weight excluding hydrogens is 559 g/mol. The molecule has 43 heavy (non-hydrogen) atoms. The van der Waals surface area contributed by atoms with Crippen molar-refractivity contribution in [3.05, 3.63) is 98.6 Å². The smallest absolute Gasteiger partial charge is 0.336 e. The third kappa shape index (κ3) is 7.64. The molecule has 1 aliphatic heterocycles. The molecule has 0 amide bonds. The summed E-state index contributed by atoms with van der Waals surface area (Å²) < 4.78 is 29.4. The van der Waals surface area contributed by atoms with Gasteiger partial charge in [0.15, 0.2) is 0 Å². The number of dihydropyridines is 1. The second-order valence-corrected chi connectivity index (χ2v) is 10.0. The summed E-state index contributed by atoms with van der Waals surface area (Å²) in [5, 5.41) is 21.5. The number of ether oxygens (including phenoxy) is 3. The quantitative estimate of drug-likeness (QED) is 0.110. The number of H-pyrrole nitrogens is 1. The number of hydrogen-bond donors (Lipinski definition) is 2. The van der Waals surface area contributed by atoms with Gasteiger partial charge >= 0.3 is 11.9 Å². The summed E-state index contributed by atoms with van der Waals surface area (Å²) in [6.45, 7) is 4.00. The number of methoxy groups -OCH3 is 1. The van der Waals surface area contributed by atoms with Gasteiger partial charge in [-0.15, -0.1) is 5.10 Å². The number of nitrogens with zero attached hydrogens (tertiary/aromatic N) is 2. The maximum atomic E-state index is 13.3. The number of nitro groups is 1. The topological polar surface area (TPSA) is 146 Å². The Balaban J connectivity index is 1.29. The van der Waals surface area contributed by atoms with E-state index in [1.807, 2.05) is 0 Å². The van der Waals surface area contributed by atoms with Gasteiger partial charge in [0.1, 0.15) is 5.82 Å². The van der Waals surface area contributed by atoms with Crippen molar-refractivity contribution in [3.63, 3.8) is 0 Å². The minimum Gasteiger partial charge on any atom is -0.477 e. The third-order valence-corrected chi connectivity index (χ3v) is 7.03. The highest BCUT2D eigenvalue weighted by Gasteiger charge is 2.38. The molecule has 0 saturated carbocycles. The van der Waals surface area contributed by atoms with Crippen LogP contribution >= 0.6 is 0 Å². The number of carbonyl (C=O) groups is 2. The summed E-state index contributed by atoms with van der Waals surface area (Å²) in [6.07, 6.45) is 3.00. The second kappa shape index (κ2) is 14.3. The Morgan fingerprint density at radius 3 is 2.30 bits per heavy atom. The molecule has 2 aromatic carbocycles. The van der Waals surface area contributed by atoms with Gasteiger partial charge < -0.3 is 19.5 Å². The third-order valence-electron chi connectivity index (χ3n) is 7.03. The lowest BCUT2D eigenvalue weighted by atomic mass is 9.80. The van der Waals surface area contributed by atoms with Gasteiger partial charge in [0, 0.05) is 29.6 Å². The molecule has 12 heteroatoms. The summed E-state index contributed by atoms with van der Waals surface area (Å²) in [5.74, 6) is -2.02. The van der Waals surface area contributed by atoms with Crippen LogP contribution < -0.4 is 10.1 Å². The number of non-ortho nitro benzene ring substituents is 1. The number of aromatic nitrogens is 2. The zero-order valence-corrected chi connectivity index (χ0v) is 24.1. The number of aromatic amines is 1. The number of nitrogens with one attached hydrogen (secondary N) is 2. The van der Waals surface area contributed by atoms with Gasteiger partial charge in [-0.2, -0.15) is 0 Å². The molecular formula is C31H33FN4O7. The second-order valence-electron chi connectivity index (χ2n) is 10.0. The molecule has 2 heterocycles. The highest BCUT2D eigenvalue weighted by Crippen LogP contribution is 2.40. The molecule has 11 nitrogen and oxygen atoms in total. The van der Waals surface area contributed by atoms with Gasteiger partial charge in [0.25, 0.3) is 5.69 Å². The Morgan fingerprint density at radius 2 is 1.63 bits per heavy atom. The van der Waals surface area contributed by atoms with Crippen molar-refractivity contribution in [2.45, 2.75) is 45.4 Å². The Morgan fingerprint density at radius 1 is 0.953 bits per heavy atom. The summed E-state index contributed by atoms with van der Waals surface area (Å²) in [5.41, 5.74) is 3.13. The molecule has 1 atom stereocenters. The minimum absolute atomic E-state index is 0.159. The van der Waals surface area contributed by atoms with E-state index in [1.54, 1.807) is 38.1 Å². The summed E-state index contributed by atoms with van der Waals surface area (Å²) in [7, 11) is 1.24. The molecule has 1 aromatic heterocycles. The summed E-state index contributed by atoms with van der Waals surface area (Å²) in [6, 6.07) is 13.7. The van der Waals surface area contributed by atoms with Crippen LogP contribution in [0.1, 0.15) is 51.0 Å². The molecule has 4 rings (SSSR count). The lowest BCUT2D eigenvalue weighted by molar-refractivity contribution is -0.384. The lowest BCUT2D eigenvalue weighted by Crippen LogP contribution is -2.32. The zero-order valence-electron chi connectivity index (χ0n) is 24.1. The first-order valence-corrected chi connectivity index (χ1v) is 13.8. The van der Waals surface area contributed by atoms with Gasteiger partial charge in [-0.25, -0.2) is 14.0 Å². The first-order valence-electron chi connectivity index (χ1n) is 13.8. The van der Waals surface area contributed by atoms with Crippen molar-refractivity contribution in [1.82, 2.24) is 15.5 Å². The average molecular weight is 593 g/mol. The number of esters is 2. The van der Waals surface area contributed by atoms with Crippen LogP contribution in [0.25, 0.3) is 11.3 Å². The van der Waals surface area contributed by atoms with Crippen LogP contribution in [0.4, 0.5) is 10.1 Å². The van der Waals surface area contributed by atoms with Crippen LogP contribution in [-0.4, -0.2) is 47.4 Å². The van der Waals surface area contributed by atoms with E-state index in [0.717, 1.165) is 30.5 Å². The maximum Gasteiger partial charge on any atom is 0.336 e. The van der Waals surface area contributed by atoms with Crippen molar-refractivity contribution >= 4 is 17.6 Å². The monoisotopic (exact) mass is 592 g/mol. The molecule has 2 N–H and O–H groups in total. The number of hydrogen-bond acceptors (Lipinski definition) is 9. The van der Waals surface area contributed by atoms with E-state index in [-0.39, 0.29) is 29.3 Å². The predicted octanol–water partition coefficient (Wildman–Crippen LogP) is 5.71. The molecule has 226 valence electrons. The number of allylic oxidation sites excluding steroid dienone is 2. The number of carbonyl (C=O) groups excluding carboxylic acids is 2. The summed E-state index contributed by atoms with van der Waals surface area (Å²) >= 11 is 0. The van der Waals surface area contributed by atoms with Crippen LogP contribution in [0.15, 0.2) is 77.1 Å². The van der Waals surface area contributed by atoms with E-state index in [2.05, 4.69) is 15.5 Å². The Hall–Kier alpha value is -5.00. The standard InChI is InChI=1S/C31H33FN4O7/c1-19-27(30(37)41-3)29(22-9-8-10-24(17-22)36(39)40)28(20(2)33-19)31(38)43-16-7-5-4-6-15-42-26-18-25(34-35-26)21-11-13-23(32)14-12-21/h8-14,17-18,29,33H,4-7,15-16H2,1-3H3,(H,34,35). The summed E-state index contributed by atoms with van der Waals surface area (Å²) in [4.78, 5) is 37.0. The van der Waals surface area contributed by atoms with E-state index in [9.17, 15) is 24.1 Å². The van der Waals surface area contributed by atoms with Gasteiger partial charge in [0.2, 0.25) is 5.88 Å². The SMILES string of the molecule is COC(=O)C1=C(C)NC(C)=C(C(=O)OCCCCCCOc2cc(-c3ccc(F)cc3)[nH]n2)C1c1cccc([N+](=O)[O-])c1. The number of unbranched alkanes of at least 4 members (excludes halogenated alkanes) is 3. The molecule has 0 spiro atoms. The lowest BCUT2D eigenvalue weighted by Gasteiger charge is -2.30. The van der Waals surface area contributed by atoms with Crippen molar-refractivity contribution in [2.75, 3.05) is 20.3 Å².